The Morgan fingerprint density at radius 3 is 2.67 bits per heavy atom. The summed E-state index contributed by atoms with van der Waals surface area (Å²) in [6, 6.07) is 9.62. The second-order valence-corrected chi connectivity index (χ2v) is 7.72. The van der Waals surface area contributed by atoms with E-state index in [9.17, 15) is 14.0 Å². The van der Waals surface area contributed by atoms with Gasteiger partial charge in [-0.1, -0.05) is 28.1 Å². The van der Waals surface area contributed by atoms with Crippen molar-refractivity contribution in [2.24, 2.45) is 0 Å². The number of pyridine rings is 2. The van der Waals surface area contributed by atoms with Gasteiger partial charge in [-0.2, -0.15) is 0 Å². The first-order valence-electron chi connectivity index (χ1n) is 9.10. The SMILES string of the molecule is COCC(=O)c1cn(Cc2cccc(C)n2)c(=O)c(F)c1Cc1ccc(Br)cc1F. The van der Waals surface area contributed by atoms with Gasteiger partial charge in [0, 0.05) is 41.0 Å². The molecule has 0 aliphatic carbocycles. The normalized spacial score (nSPS) is 11.0. The van der Waals surface area contributed by atoms with E-state index in [1.165, 1.54) is 25.4 Å². The molecule has 0 unspecified atom stereocenters. The molecule has 0 radical (unpaired) electrons. The second kappa shape index (κ2) is 9.40. The Morgan fingerprint density at radius 1 is 1.23 bits per heavy atom. The van der Waals surface area contributed by atoms with Crippen molar-refractivity contribution in [1.82, 2.24) is 9.55 Å². The zero-order valence-corrected chi connectivity index (χ0v) is 18.0. The minimum atomic E-state index is -1.09. The fraction of sp³-hybridized carbons (Fsp3) is 0.227. The number of rotatable bonds is 7. The van der Waals surface area contributed by atoms with Gasteiger partial charge in [0.2, 0.25) is 0 Å². The van der Waals surface area contributed by atoms with Gasteiger partial charge in [-0.15, -0.1) is 0 Å². The van der Waals surface area contributed by atoms with Crippen LogP contribution in [0.15, 0.2) is 51.9 Å². The first-order chi connectivity index (χ1) is 14.3. The highest BCUT2D eigenvalue weighted by Crippen LogP contribution is 2.22. The molecule has 1 aromatic carbocycles. The highest BCUT2D eigenvalue weighted by molar-refractivity contribution is 9.10. The van der Waals surface area contributed by atoms with Gasteiger partial charge < -0.3 is 9.30 Å². The van der Waals surface area contributed by atoms with E-state index in [0.29, 0.717) is 10.2 Å². The lowest BCUT2D eigenvalue weighted by molar-refractivity contribution is 0.0845. The Balaban J connectivity index is 2.10. The van der Waals surface area contributed by atoms with Crippen LogP contribution in [0.5, 0.6) is 0 Å². The van der Waals surface area contributed by atoms with Crippen LogP contribution in [0, 0.1) is 18.6 Å². The van der Waals surface area contributed by atoms with Crippen molar-refractivity contribution in [2.75, 3.05) is 13.7 Å². The van der Waals surface area contributed by atoms with Crippen LogP contribution >= 0.6 is 15.9 Å². The van der Waals surface area contributed by atoms with Crippen molar-refractivity contribution in [3.63, 3.8) is 0 Å². The summed E-state index contributed by atoms with van der Waals surface area (Å²) < 4.78 is 35.9. The number of ketones is 1. The number of methoxy groups -OCH3 is 1. The number of carbonyl (C=O) groups is 1. The van der Waals surface area contributed by atoms with Crippen LogP contribution in [0.2, 0.25) is 0 Å². The molecule has 156 valence electrons. The largest absolute Gasteiger partial charge is 0.377 e. The van der Waals surface area contributed by atoms with Crippen LogP contribution in [0.1, 0.15) is 32.9 Å². The van der Waals surface area contributed by atoms with E-state index >= 15 is 4.39 Å². The molecule has 0 aliphatic heterocycles. The predicted octanol–water partition coefficient (Wildman–Crippen LogP) is 4.06. The molecule has 0 spiro atoms. The van der Waals surface area contributed by atoms with Gasteiger partial charge in [0.15, 0.2) is 11.6 Å². The number of hydrogen-bond acceptors (Lipinski definition) is 4. The van der Waals surface area contributed by atoms with Crippen molar-refractivity contribution in [2.45, 2.75) is 19.9 Å². The summed E-state index contributed by atoms with van der Waals surface area (Å²) in [5, 5.41) is 0. The van der Waals surface area contributed by atoms with Crippen LogP contribution in [-0.4, -0.2) is 29.1 Å². The van der Waals surface area contributed by atoms with Gasteiger partial charge >= 0.3 is 0 Å². The van der Waals surface area contributed by atoms with Gasteiger partial charge in [-0.25, -0.2) is 8.78 Å². The minimum absolute atomic E-state index is 0.00236. The molecule has 0 N–H and O–H groups in total. The summed E-state index contributed by atoms with van der Waals surface area (Å²) in [4.78, 5) is 29.6. The van der Waals surface area contributed by atoms with E-state index in [4.69, 9.17) is 4.74 Å². The lowest BCUT2D eigenvalue weighted by atomic mass is 9.98. The van der Waals surface area contributed by atoms with E-state index in [1.54, 1.807) is 31.2 Å². The molecule has 2 heterocycles. The average molecular weight is 477 g/mol. The number of aromatic nitrogens is 2. The maximum absolute atomic E-state index is 15.1. The highest BCUT2D eigenvalue weighted by Gasteiger charge is 2.22. The predicted molar refractivity (Wildman–Crippen MR) is 112 cm³/mol. The smallest absolute Gasteiger partial charge is 0.287 e. The summed E-state index contributed by atoms with van der Waals surface area (Å²) in [5.74, 6) is -2.16. The number of Topliss-reactive ketones (excluding diaryl/α,β-unsaturated/α-hetero) is 1. The molecule has 8 heteroatoms. The molecule has 0 saturated heterocycles. The first-order valence-corrected chi connectivity index (χ1v) is 9.90. The molecule has 0 amide bonds. The molecule has 3 aromatic rings. The molecule has 5 nitrogen and oxygen atoms in total. The van der Waals surface area contributed by atoms with Gasteiger partial charge in [-0.3, -0.25) is 14.6 Å². The second-order valence-electron chi connectivity index (χ2n) is 6.81. The van der Waals surface area contributed by atoms with Gasteiger partial charge in [-0.05, 0) is 36.8 Å². The molecule has 3 rings (SSSR count). The molecule has 0 atom stereocenters. The zero-order valence-electron chi connectivity index (χ0n) is 16.4. The van der Waals surface area contributed by atoms with Crippen LogP contribution in [0.25, 0.3) is 0 Å². The van der Waals surface area contributed by atoms with Crippen LogP contribution in [0.4, 0.5) is 8.78 Å². The monoisotopic (exact) mass is 476 g/mol. The third-order valence-corrected chi connectivity index (χ3v) is 5.05. The Labute approximate surface area is 180 Å². The average Bonchev–Trinajstić information content (AvgIpc) is 2.69. The lowest BCUT2D eigenvalue weighted by Crippen LogP contribution is -2.28. The van der Waals surface area contributed by atoms with E-state index in [-0.39, 0.29) is 36.3 Å². The van der Waals surface area contributed by atoms with E-state index in [0.717, 1.165) is 10.3 Å². The number of carbonyl (C=O) groups excluding carboxylic acids is 1. The van der Waals surface area contributed by atoms with Crippen LogP contribution in [-0.2, 0) is 17.7 Å². The van der Waals surface area contributed by atoms with Crippen molar-refractivity contribution in [3.05, 3.63) is 97.1 Å². The van der Waals surface area contributed by atoms with Crippen LogP contribution < -0.4 is 5.56 Å². The minimum Gasteiger partial charge on any atom is -0.377 e. The Bertz CT molecular complexity index is 1160. The summed E-state index contributed by atoms with van der Waals surface area (Å²) in [6.45, 7) is 1.50. The van der Waals surface area contributed by atoms with E-state index in [2.05, 4.69) is 20.9 Å². The van der Waals surface area contributed by atoms with Gasteiger partial charge in [0.1, 0.15) is 12.4 Å². The fourth-order valence-electron chi connectivity index (χ4n) is 3.12. The molecule has 2 aromatic heterocycles. The maximum atomic E-state index is 15.1. The van der Waals surface area contributed by atoms with E-state index < -0.39 is 23.0 Å². The van der Waals surface area contributed by atoms with Crippen molar-refractivity contribution < 1.29 is 18.3 Å². The third kappa shape index (κ3) is 4.88. The molecule has 0 bridgehead atoms. The molecule has 0 fully saturated rings. The summed E-state index contributed by atoms with van der Waals surface area (Å²) in [6.07, 6.45) is 1.05. The molecule has 0 aliphatic rings. The summed E-state index contributed by atoms with van der Waals surface area (Å²) in [5.41, 5.74) is 0.383. The molecular weight excluding hydrogens is 458 g/mol. The number of benzene rings is 1. The quantitative estimate of drug-likeness (QED) is 0.482. The highest BCUT2D eigenvalue weighted by atomic mass is 79.9. The van der Waals surface area contributed by atoms with Crippen molar-refractivity contribution in [3.8, 4) is 0 Å². The first kappa shape index (κ1) is 22.0. The number of hydrogen-bond donors (Lipinski definition) is 0. The third-order valence-electron chi connectivity index (χ3n) is 4.56. The van der Waals surface area contributed by atoms with Gasteiger partial charge in [0.05, 0.1) is 12.2 Å². The molecular formula is C22H19BrF2N2O3. The summed E-state index contributed by atoms with van der Waals surface area (Å²) in [7, 11) is 1.34. The Kier molecular flexibility index (Phi) is 6.89. The number of aryl methyl sites for hydroxylation is 1. The Morgan fingerprint density at radius 2 is 2.00 bits per heavy atom. The number of nitrogens with zero attached hydrogens (tertiary/aromatic N) is 2. The molecule has 0 saturated carbocycles. The standard InChI is InChI=1S/C22H19BrF2N2O3/c1-13-4-3-5-16(26-13)10-27-11-18(20(28)12-30-2)17(21(25)22(27)29)8-14-6-7-15(23)9-19(14)24/h3-7,9,11H,8,10,12H2,1-2H3. The zero-order chi connectivity index (χ0) is 21.8. The van der Waals surface area contributed by atoms with Crippen molar-refractivity contribution >= 4 is 21.7 Å². The van der Waals surface area contributed by atoms with Gasteiger partial charge in [0.25, 0.3) is 5.56 Å². The lowest BCUT2D eigenvalue weighted by Gasteiger charge is -2.14. The number of ether oxygens (including phenoxy) is 1. The number of halogens is 3. The topological polar surface area (TPSA) is 61.2 Å². The van der Waals surface area contributed by atoms with Crippen molar-refractivity contribution in [1.29, 1.82) is 0 Å². The van der Waals surface area contributed by atoms with Crippen LogP contribution in [0.3, 0.4) is 0 Å². The molecule has 30 heavy (non-hydrogen) atoms. The van der Waals surface area contributed by atoms with E-state index in [1.807, 2.05) is 0 Å². The summed E-state index contributed by atoms with van der Waals surface area (Å²) >= 11 is 3.17. The maximum Gasteiger partial charge on any atom is 0.287 e. The fourth-order valence-corrected chi connectivity index (χ4v) is 3.46. The Hall–Kier alpha value is -2.71.